The second kappa shape index (κ2) is 9.25. The van der Waals surface area contributed by atoms with Crippen molar-refractivity contribution in [1.82, 2.24) is 0 Å². The van der Waals surface area contributed by atoms with Crippen LogP contribution in [0, 0.1) is 47.6 Å². The van der Waals surface area contributed by atoms with E-state index < -0.39 is 69.3 Å². The first-order chi connectivity index (χ1) is 16.9. The molecule has 1 nitrogen and oxygen atoms in total. The molecule has 10 heteroatoms. The van der Waals surface area contributed by atoms with Gasteiger partial charge in [-0.3, -0.25) is 0 Å². The molecule has 0 aliphatic carbocycles. The fourth-order valence-electron chi connectivity index (χ4n) is 3.60. The van der Waals surface area contributed by atoms with E-state index in [2.05, 4.69) is 4.74 Å². The zero-order chi connectivity index (χ0) is 26.4. The van der Waals surface area contributed by atoms with Gasteiger partial charge in [0.15, 0.2) is 11.6 Å². The summed E-state index contributed by atoms with van der Waals surface area (Å²) in [5.74, 6) is -11.2. The standard InChI is InChI=1S/C26H13F9O/c1-12-2-4-16(18(28)6-12)14-8-22(32)25(23(33)9-14)26(34,35)36-15-10-20(30)24(21(31)11-15)13-3-5-17(27)19(29)7-13/h2-11H,1H3. The summed E-state index contributed by atoms with van der Waals surface area (Å²) in [5.41, 5.74) is -3.26. The van der Waals surface area contributed by atoms with Gasteiger partial charge in [0.1, 0.15) is 40.4 Å². The van der Waals surface area contributed by atoms with Crippen LogP contribution < -0.4 is 4.74 Å². The van der Waals surface area contributed by atoms with Crippen LogP contribution >= 0.6 is 0 Å². The van der Waals surface area contributed by atoms with E-state index in [0.717, 1.165) is 12.1 Å². The zero-order valence-corrected chi connectivity index (χ0v) is 18.1. The number of ether oxygens (including phenoxy) is 1. The molecule has 0 fully saturated rings. The number of benzene rings is 4. The van der Waals surface area contributed by atoms with Gasteiger partial charge < -0.3 is 4.74 Å². The van der Waals surface area contributed by atoms with Crippen LogP contribution in [0.2, 0.25) is 0 Å². The summed E-state index contributed by atoms with van der Waals surface area (Å²) in [6, 6.07) is 7.24. The first kappa shape index (κ1) is 25.2. The molecule has 0 heterocycles. The Morgan fingerprint density at radius 3 is 1.69 bits per heavy atom. The smallest absolute Gasteiger partial charge is 0.429 e. The molecule has 0 amide bonds. The van der Waals surface area contributed by atoms with Crippen LogP contribution in [-0.2, 0) is 6.11 Å². The number of hydrogen-bond acceptors (Lipinski definition) is 1. The van der Waals surface area contributed by atoms with Crippen molar-refractivity contribution in [3.8, 4) is 28.0 Å². The summed E-state index contributed by atoms with van der Waals surface area (Å²) in [6.07, 6.45) is -4.75. The molecule has 186 valence electrons. The molecule has 0 atom stereocenters. The number of hydrogen-bond donors (Lipinski definition) is 0. The third kappa shape index (κ3) is 4.75. The van der Waals surface area contributed by atoms with Crippen LogP contribution in [-0.4, -0.2) is 0 Å². The lowest BCUT2D eigenvalue weighted by molar-refractivity contribution is -0.189. The van der Waals surface area contributed by atoms with Crippen molar-refractivity contribution in [2.24, 2.45) is 0 Å². The fraction of sp³-hybridized carbons (Fsp3) is 0.0769. The third-order valence-electron chi connectivity index (χ3n) is 5.24. The minimum absolute atomic E-state index is 0.244. The van der Waals surface area contributed by atoms with Crippen molar-refractivity contribution in [2.75, 3.05) is 0 Å². The average molecular weight is 512 g/mol. The van der Waals surface area contributed by atoms with Crippen molar-refractivity contribution in [3.63, 3.8) is 0 Å². The molecule has 0 saturated carbocycles. The third-order valence-corrected chi connectivity index (χ3v) is 5.24. The Kier molecular flexibility index (Phi) is 6.46. The Morgan fingerprint density at radius 2 is 1.14 bits per heavy atom. The van der Waals surface area contributed by atoms with Gasteiger partial charge in [-0.05, 0) is 53.9 Å². The Morgan fingerprint density at radius 1 is 0.556 bits per heavy atom. The van der Waals surface area contributed by atoms with Gasteiger partial charge in [0, 0.05) is 17.7 Å². The van der Waals surface area contributed by atoms with Crippen molar-refractivity contribution < 1.29 is 44.3 Å². The number of halogens is 9. The molecule has 0 N–H and O–H groups in total. The topological polar surface area (TPSA) is 9.23 Å². The lowest BCUT2D eigenvalue weighted by Crippen LogP contribution is -2.25. The monoisotopic (exact) mass is 512 g/mol. The molecule has 0 spiro atoms. The van der Waals surface area contributed by atoms with Gasteiger partial charge in [-0.1, -0.05) is 18.2 Å². The van der Waals surface area contributed by atoms with E-state index in [1.165, 1.54) is 12.1 Å². The SMILES string of the molecule is Cc1ccc(-c2cc(F)c(C(F)(F)Oc3cc(F)c(-c4ccc(F)c(F)c4)c(F)c3)c(F)c2)c(F)c1. The molecule has 0 unspecified atom stereocenters. The van der Waals surface area contributed by atoms with Gasteiger partial charge >= 0.3 is 6.11 Å². The van der Waals surface area contributed by atoms with Crippen molar-refractivity contribution in [1.29, 1.82) is 0 Å². The Hall–Kier alpha value is -3.95. The van der Waals surface area contributed by atoms with Crippen LogP contribution in [0.3, 0.4) is 0 Å². The highest BCUT2D eigenvalue weighted by atomic mass is 19.3. The van der Waals surface area contributed by atoms with E-state index in [9.17, 15) is 39.5 Å². The van der Waals surface area contributed by atoms with Crippen LogP contribution in [0.25, 0.3) is 22.3 Å². The minimum Gasteiger partial charge on any atom is -0.429 e. The maximum absolute atomic E-state index is 14.7. The highest BCUT2D eigenvalue weighted by molar-refractivity contribution is 5.67. The number of rotatable bonds is 5. The second-order valence-corrected chi connectivity index (χ2v) is 7.81. The average Bonchev–Trinajstić information content (AvgIpc) is 2.74. The summed E-state index contributed by atoms with van der Waals surface area (Å²) in [4.78, 5) is 0. The van der Waals surface area contributed by atoms with Gasteiger partial charge in [0.25, 0.3) is 0 Å². The molecular formula is C26H13F9O. The summed E-state index contributed by atoms with van der Waals surface area (Å²) in [5, 5.41) is 0. The first-order valence-electron chi connectivity index (χ1n) is 10.1. The van der Waals surface area contributed by atoms with Crippen LogP contribution in [0.5, 0.6) is 5.75 Å². The van der Waals surface area contributed by atoms with Crippen LogP contribution in [0.4, 0.5) is 39.5 Å². The first-order valence-corrected chi connectivity index (χ1v) is 10.1. The largest absolute Gasteiger partial charge is 0.432 e. The van der Waals surface area contributed by atoms with Gasteiger partial charge in [-0.2, -0.15) is 8.78 Å². The Labute approximate surface area is 198 Å². The van der Waals surface area contributed by atoms with E-state index in [0.29, 0.717) is 42.0 Å². The second-order valence-electron chi connectivity index (χ2n) is 7.81. The highest BCUT2D eigenvalue weighted by Gasteiger charge is 2.41. The van der Waals surface area contributed by atoms with Crippen molar-refractivity contribution in [2.45, 2.75) is 13.0 Å². The number of alkyl halides is 2. The minimum atomic E-state index is -4.75. The van der Waals surface area contributed by atoms with Gasteiger partial charge in [-0.25, -0.2) is 30.7 Å². The van der Waals surface area contributed by atoms with Gasteiger partial charge in [-0.15, -0.1) is 0 Å². The molecule has 4 aromatic rings. The predicted molar refractivity (Wildman–Crippen MR) is 113 cm³/mol. The van der Waals surface area contributed by atoms with Crippen LogP contribution in [0.15, 0.2) is 60.7 Å². The molecular weight excluding hydrogens is 499 g/mol. The van der Waals surface area contributed by atoms with Crippen LogP contribution in [0.1, 0.15) is 11.1 Å². The van der Waals surface area contributed by atoms with Gasteiger partial charge in [0.2, 0.25) is 0 Å². The lowest BCUT2D eigenvalue weighted by Gasteiger charge is -2.20. The quantitative estimate of drug-likeness (QED) is 0.244. The van der Waals surface area contributed by atoms with Gasteiger partial charge in [0.05, 0.1) is 5.56 Å². The number of aryl methyl sites for hydroxylation is 1. The van der Waals surface area contributed by atoms with E-state index in [1.807, 2.05) is 0 Å². The molecule has 0 bridgehead atoms. The Bertz CT molecular complexity index is 1430. The highest BCUT2D eigenvalue weighted by Crippen LogP contribution is 2.39. The summed E-state index contributed by atoms with van der Waals surface area (Å²) < 4.78 is 133. The summed E-state index contributed by atoms with van der Waals surface area (Å²) >= 11 is 0. The van der Waals surface area contributed by atoms with E-state index in [-0.39, 0.29) is 11.1 Å². The molecule has 0 saturated heterocycles. The molecule has 0 aliphatic rings. The maximum Gasteiger partial charge on any atom is 0.432 e. The molecule has 4 aromatic carbocycles. The van der Waals surface area contributed by atoms with Crippen molar-refractivity contribution in [3.05, 3.63) is 113 Å². The van der Waals surface area contributed by atoms with Crippen molar-refractivity contribution >= 4 is 0 Å². The molecule has 0 radical (unpaired) electrons. The fourth-order valence-corrected chi connectivity index (χ4v) is 3.60. The van der Waals surface area contributed by atoms with E-state index >= 15 is 0 Å². The Balaban J connectivity index is 1.68. The van der Waals surface area contributed by atoms with E-state index in [4.69, 9.17) is 0 Å². The van der Waals surface area contributed by atoms with E-state index in [1.54, 1.807) is 6.92 Å². The summed E-state index contributed by atoms with van der Waals surface area (Å²) in [7, 11) is 0. The molecule has 4 rings (SSSR count). The lowest BCUT2D eigenvalue weighted by atomic mass is 10.0. The maximum atomic E-state index is 14.7. The predicted octanol–water partition coefficient (Wildman–Crippen LogP) is 8.43. The zero-order valence-electron chi connectivity index (χ0n) is 18.1. The normalized spacial score (nSPS) is 11.6. The molecule has 0 aliphatic heterocycles. The molecule has 36 heavy (non-hydrogen) atoms. The molecule has 0 aromatic heterocycles. The summed E-state index contributed by atoms with van der Waals surface area (Å²) in [6.45, 7) is 1.57.